The molecule has 0 amide bonds. The van der Waals surface area contributed by atoms with Gasteiger partial charge in [-0.05, 0) is 42.0 Å². The zero-order chi connectivity index (χ0) is 19.3. The second kappa shape index (κ2) is 8.14. The highest BCUT2D eigenvalue weighted by Crippen LogP contribution is 2.33. The van der Waals surface area contributed by atoms with Gasteiger partial charge in [0.1, 0.15) is 12.4 Å². The van der Waals surface area contributed by atoms with E-state index in [9.17, 15) is 8.42 Å². The highest BCUT2D eigenvalue weighted by atomic mass is 32.2. The van der Waals surface area contributed by atoms with Crippen molar-refractivity contribution in [2.24, 2.45) is 0 Å². The van der Waals surface area contributed by atoms with E-state index in [0.717, 1.165) is 5.56 Å². The number of methoxy groups -OCH3 is 2. The number of sulfone groups is 1. The molecule has 0 heterocycles. The molecule has 0 aliphatic rings. The summed E-state index contributed by atoms with van der Waals surface area (Å²) in [5, 5.41) is 0. The smallest absolute Gasteiger partial charge is 0.206 e. The van der Waals surface area contributed by atoms with Crippen LogP contribution < -0.4 is 14.2 Å². The van der Waals surface area contributed by atoms with Crippen LogP contribution in [0, 0.1) is 0 Å². The molecule has 0 atom stereocenters. The number of benzene rings is 3. The lowest BCUT2D eigenvalue weighted by atomic mass is 10.2. The second-order valence-corrected chi connectivity index (χ2v) is 7.72. The molecule has 3 aromatic carbocycles. The molecule has 0 radical (unpaired) electrons. The van der Waals surface area contributed by atoms with Gasteiger partial charge in [-0.15, -0.1) is 0 Å². The van der Waals surface area contributed by atoms with Crippen LogP contribution >= 0.6 is 0 Å². The Hall–Kier alpha value is -2.99. The largest absolute Gasteiger partial charge is 0.497 e. The molecule has 3 aromatic rings. The van der Waals surface area contributed by atoms with Gasteiger partial charge < -0.3 is 14.2 Å². The van der Waals surface area contributed by atoms with E-state index in [-0.39, 0.29) is 9.79 Å². The molecule has 0 unspecified atom stereocenters. The molecule has 0 N–H and O–H groups in total. The van der Waals surface area contributed by atoms with Gasteiger partial charge in [0.25, 0.3) is 0 Å². The van der Waals surface area contributed by atoms with E-state index in [2.05, 4.69) is 0 Å². The van der Waals surface area contributed by atoms with E-state index in [1.165, 1.54) is 38.5 Å². The van der Waals surface area contributed by atoms with E-state index in [1.807, 2.05) is 30.3 Å². The summed E-state index contributed by atoms with van der Waals surface area (Å²) in [4.78, 5) is 0.319. The Morgan fingerprint density at radius 1 is 0.741 bits per heavy atom. The number of rotatable bonds is 7. The van der Waals surface area contributed by atoms with Crippen molar-refractivity contribution in [1.82, 2.24) is 0 Å². The fourth-order valence-electron chi connectivity index (χ4n) is 2.56. The zero-order valence-corrected chi connectivity index (χ0v) is 15.9. The highest BCUT2D eigenvalue weighted by Gasteiger charge is 2.20. The van der Waals surface area contributed by atoms with Crippen LogP contribution in [0.2, 0.25) is 0 Å². The molecule has 0 aliphatic heterocycles. The molecule has 27 heavy (non-hydrogen) atoms. The molecule has 0 aromatic heterocycles. The van der Waals surface area contributed by atoms with Crippen molar-refractivity contribution in [3.05, 3.63) is 78.4 Å². The van der Waals surface area contributed by atoms with Gasteiger partial charge in [-0.25, -0.2) is 8.42 Å². The molecule has 0 aliphatic carbocycles. The Bertz CT molecular complexity index is 997. The molecular weight excluding hydrogens is 364 g/mol. The average Bonchev–Trinajstić information content (AvgIpc) is 2.72. The first-order valence-corrected chi connectivity index (χ1v) is 9.77. The van der Waals surface area contributed by atoms with Crippen molar-refractivity contribution >= 4 is 9.84 Å². The van der Waals surface area contributed by atoms with E-state index in [4.69, 9.17) is 14.2 Å². The number of ether oxygens (including phenoxy) is 3. The van der Waals surface area contributed by atoms with Crippen LogP contribution in [0.5, 0.6) is 17.2 Å². The first-order chi connectivity index (χ1) is 13.0. The second-order valence-electron chi connectivity index (χ2n) is 5.77. The van der Waals surface area contributed by atoms with E-state index >= 15 is 0 Å². The summed E-state index contributed by atoms with van der Waals surface area (Å²) in [6.45, 7) is 0.363. The molecule has 5 nitrogen and oxygen atoms in total. The molecule has 140 valence electrons. The Morgan fingerprint density at radius 2 is 1.41 bits per heavy atom. The number of hydrogen-bond donors (Lipinski definition) is 0. The minimum Gasteiger partial charge on any atom is -0.497 e. The summed E-state index contributed by atoms with van der Waals surface area (Å²) in [7, 11) is -0.661. The number of hydrogen-bond acceptors (Lipinski definition) is 5. The molecule has 0 saturated heterocycles. The summed E-state index contributed by atoms with van der Waals surface area (Å²) in [5.74, 6) is 1.44. The summed E-state index contributed by atoms with van der Waals surface area (Å²) in [6.07, 6.45) is 0. The molecular formula is C21H20O5S. The maximum Gasteiger partial charge on any atom is 0.206 e. The summed E-state index contributed by atoms with van der Waals surface area (Å²) >= 11 is 0. The third-order valence-electron chi connectivity index (χ3n) is 4.05. The van der Waals surface area contributed by atoms with Crippen LogP contribution in [0.25, 0.3) is 0 Å². The summed E-state index contributed by atoms with van der Waals surface area (Å²) < 4.78 is 41.9. The topological polar surface area (TPSA) is 61.8 Å². The molecule has 0 saturated carbocycles. The molecule has 0 fully saturated rings. The van der Waals surface area contributed by atoms with E-state index in [1.54, 1.807) is 18.2 Å². The van der Waals surface area contributed by atoms with E-state index in [0.29, 0.717) is 23.9 Å². The quantitative estimate of drug-likeness (QED) is 0.613. The Labute approximate surface area is 159 Å². The van der Waals surface area contributed by atoms with Crippen LogP contribution in [-0.4, -0.2) is 22.6 Å². The third kappa shape index (κ3) is 4.23. The van der Waals surface area contributed by atoms with Crippen molar-refractivity contribution < 1.29 is 22.6 Å². The maximum absolute atomic E-state index is 12.9. The van der Waals surface area contributed by atoms with Gasteiger partial charge in [-0.3, -0.25) is 0 Å². The van der Waals surface area contributed by atoms with Gasteiger partial charge in [0.15, 0.2) is 11.5 Å². The zero-order valence-electron chi connectivity index (χ0n) is 15.1. The predicted octanol–water partition coefficient (Wildman–Crippen LogP) is 4.12. The monoisotopic (exact) mass is 384 g/mol. The third-order valence-corrected chi connectivity index (χ3v) is 5.82. The van der Waals surface area contributed by atoms with Crippen LogP contribution in [0.3, 0.4) is 0 Å². The SMILES string of the molecule is COc1ccc(S(=O)(=O)c2ccc(OCc3ccccc3)c(OC)c2)cc1. The standard InChI is InChI=1S/C21H20O5S/c1-24-17-8-10-18(11-9-17)27(22,23)19-12-13-20(21(14-19)25-2)26-15-16-6-4-3-5-7-16/h3-14H,15H2,1-2H3. The Balaban J connectivity index is 1.86. The van der Waals surface area contributed by atoms with Gasteiger partial charge in [-0.2, -0.15) is 0 Å². The minimum atomic E-state index is -3.67. The van der Waals surface area contributed by atoms with Crippen molar-refractivity contribution in [3.63, 3.8) is 0 Å². The molecule has 0 spiro atoms. The first kappa shape index (κ1) is 18.8. The summed E-state index contributed by atoms with van der Waals surface area (Å²) in [6, 6.07) is 20.6. The first-order valence-electron chi connectivity index (χ1n) is 8.28. The average molecular weight is 384 g/mol. The van der Waals surface area contributed by atoms with Gasteiger partial charge >= 0.3 is 0 Å². The van der Waals surface area contributed by atoms with Crippen molar-refractivity contribution in [1.29, 1.82) is 0 Å². The molecule has 0 bridgehead atoms. The van der Waals surface area contributed by atoms with Crippen molar-refractivity contribution in [2.45, 2.75) is 16.4 Å². The summed E-state index contributed by atoms with van der Waals surface area (Å²) in [5.41, 5.74) is 1.01. The lowest BCUT2D eigenvalue weighted by Crippen LogP contribution is -2.04. The molecule has 3 rings (SSSR count). The minimum absolute atomic E-state index is 0.136. The van der Waals surface area contributed by atoms with Gasteiger partial charge in [0.05, 0.1) is 24.0 Å². The predicted molar refractivity (Wildman–Crippen MR) is 102 cm³/mol. The normalized spacial score (nSPS) is 11.0. The van der Waals surface area contributed by atoms with Crippen LogP contribution in [0.4, 0.5) is 0 Å². The Kier molecular flexibility index (Phi) is 5.66. The van der Waals surface area contributed by atoms with Crippen LogP contribution in [-0.2, 0) is 16.4 Å². The van der Waals surface area contributed by atoms with Gasteiger partial charge in [0.2, 0.25) is 9.84 Å². The lowest BCUT2D eigenvalue weighted by Gasteiger charge is -2.13. The van der Waals surface area contributed by atoms with Crippen molar-refractivity contribution in [3.8, 4) is 17.2 Å². The fourth-order valence-corrected chi connectivity index (χ4v) is 3.84. The van der Waals surface area contributed by atoms with E-state index < -0.39 is 9.84 Å². The Morgan fingerprint density at radius 3 is 2.04 bits per heavy atom. The highest BCUT2D eigenvalue weighted by molar-refractivity contribution is 7.91. The van der Waals surface area contributed by atoms with Crippen LogP contribution in [0.15, 0.2) is 82.6 Å². The van der Waals surface area contributed by atoms with Crippen LogP contribution in [0.1, 0.15) is 5.56 Å². The molecule has 6 heteroatoms. The van der Waals surface area contributed by atoms with Gasteiger partial charge in [0, 0.05) is 6.07 Å². The maximum atomic E-state index is 12.9. The fraction of sp³-hybridized carbons (Fsp3) is 0.143. The van der Waals surface area contributed by atoms with Crippen molar-refractivity contribution in [2.75, 3.05) is 14.2 Å². The lowest BCUT2D eigenvalue weighted by molar-refractivity contribution is 0.284. The van der Waals surface area contributed by atoms with Gasteiger partial charge in [-0.1, -0.05) is 30.3 Å².